The van der Waals surface area contributed by atoms with E-state index in [-0.39, 0.29) is 23.9 Å². The van der Waals surface area contributed by atoms with Gasteiger partial charge in [0.15, 0.2) is 5.03 Å². The molecule has 0 bridgehead atoms. The van der Waals surface area contributed by atoms with Crippen molar-refractivity contribution < 1.29 is 27.5 Å². The summed E-state index contributed by atoms with van der Waals surface area (Å²) in [6, 6.07) is 17.6. The summed E-state index contributed by atoms with van der Waals surface area (Å²) in [7, 11) is -4.04. The number of hydrogen-bond donors (Lipinski definition) is 0. The number of sulfonamides is 1. The van der Waals surface area contributed by atoms with Gasteiger partial charge in [-0.25, -0.2) is 23.2 Å². The topological polar surface area (TPSA) is 119 Å². The molecule has 0 fully saturated rings. The standard InChI is InChI=1S/C34H46N4O6S/c1-8-9-10-14-26-18-20-27(21-19-26)23-37(45(41,42)30-17-11-12-22-35-30)24-28-15-13-16-29(36-28)38(32(40)44-34(5,6)7)25-31(39)43-33(2,3)4/h11-13,15-22H,8-10,14,23-25H2,1-7H3. The Kier molecular flexibility index (Phi) is 12.2. The lowest BCUT2D eigenvalue weighted by Crippen LogP contribution is -2.42. The highest BCUT2D eigenvalue weighted by Crippen LogP contribution is 2.23. The lowest BCUT2D eigenvalue weighted by molar-refractivity contribution is -0.153. The number of anilines is 1. The monoisotopic (exact) mass is 638 g/mol. The summed E-state index contributed by atoms with van der Waals surface area (Å²) >= 11 is 0. The maximum atomic E-state index is 13.8. The number of aromatic nitrogens is 2. The highest BCUT2D eigenvalue weighted by atomic mass is 32.2. The van der Waals surface area contributed by atoms with Crippen LogP contribution >= 0.6 is 0 Å². The first-order chi connectivity index (χ1) is 21.1. The Morgan fingerprint density at radius 1 is 0.800 bits per heavy atom. The minimum Gasteiger partial charge on any atom is -0.459 e. The third-order valence-electron chi connectivity index (χ3n) is 6.42. The molecule has 0 spiro atoms. The first-order valence-corrected chi connectivity index (χ1v) is 16.7. The maximum absolute atomic E-state index is 13.8. The molecule has 45 heavy (non-hydrogen) atoms. The summed E-state index contributed by atoms with van der Waals surface area (Å²) < 4.78 is 40.0. The Labute approximate surface area is 267 Å². The molecule has 11 heteroatoms. The predicted molar refractivity (Wildman–Crippen MR) is 174 cm³/mol. The molecule has 1 amide bonds. The van der Waals surface area contributed by atoms with Gasteiger partial charge in [0.25, 0.3) is 10.0 Å². The summed E-state index contributed by atoms with van der Waals surface area (Å²) in [5.41, 5.74) is 0.777. The quantitative estimate of drug-likeness (QED) is 0.150. The molecule has 10 nitrogen and oxygen atoms in total. The van der Waals surface area contributed by atoms with Crippen LogP contribution in [0.15, 0.2) is 71.9 Å². The third-order valence-corrected chi connectivity index (χ3v) is 8.13. The van der Waals surface area contributed by atoms with E-state index in [1.165, 1.54) is 22.1 Å². The van der Waals surface area contributed by atoms with Crippen molar-refractivity contribution in [2.24, 2.45) is 0 Å². The molecule has 0 saturated carbocycles. The van der Waals surface area contributed by atoms with Crippen molar-refractivity contribution in [3.05, 3.63) is 83.7 Å². The molecule has 1 aromatic carbocycles. The van der Waals surface area contributed by atoms with E-state index in [0.29, 0.717) is 5.69 Å². The zero-order valence-electron chi connectivity index (χ0n) is 27.4. The summed E-state index contributed by atoms with van der Waals surface area (Å²) in [6.45, 7) is 12.1. The number of hydrogen-bond acceptors (Lipinski definition) is 8. The highest BCUT2D eigenvalue weighted by Gasteiger charge is 2.30. The first-order valence-electron chi connectivity index (χ1n) is 15.2. The summed E-state index contributed by atoms with van der Waals surface area (Å²) in [5, 5.41) is -0.0855. The van der Waals surface area contributed by atoms with E-state index >= 15 is 0 Å². The van der Waals surface area contributed by atoms with E-state index in [1.54, 1.807) is 71.9 Å². The maximum Gasteiger partial charge on any atom is 0.416 e. The largest absolute Gasteiger partial charge is 0.459 e. The first kappa shape index (κ1) is 35.6. The fourth-order valence-corrected chi connectivity index (χ4v) is 5.73. The molecule has 0 unspecified atom stereocenters. The van der Waals surface area contributed by atoms with Crippen molar-refractivity contribution in [2.45, 2.75) is 103 Å². The van der Waals surface area contributed by atoms with Crippen molar-refractivity contribution in [1.29, 1.82) is 0 Å². The fraction of sp³-hybridized carbons (Fsp3) is 0.471. The number of carbonyl (C=O) groups is 2. The Hall–Kier alpha value is -3.83. The number of amides is 1. The molecule has 0 atom stereocenters. The zero-order valence-corrected chi connectivity index (χ0v) is 28.3. The smallest absolute Gasteiger partial charge is 0.416 e. The van der Waals surface area contributed by atoms with E-state index in [0.717, 1.165) is 36.1 Å². The van der Waals surface area contributed by atoms with Gasteiger partial charge in [0.05, 0.1) is 12.2 Å². The van der Waals surface area contributed by atoms with E-state index in [2.05, 4.69) is 16.9 Å². The SMILES string of the molecule is CCCCCc1ccc(CN(Cc2cccc(N(CC(=O)OC(C)(C)C)C(=O)OC(C)(C)C)n2)S(=O)(=O)c2ccccn2)cc1. The van der Waals surface area contributed by atoms with Crippen molar-refractivity contribution in [3.63, 3.8) is 0 Å². The average molecular weight is 639 g/mol. The van der Waals surface area contributed by atoms with Crippen molar-refractivity contribution >= 4 is 27.9 Å². The Bertz CT molecular complexity index is 1510. The molecule has 3 aromatic rings. The molecular weight excluding hydrogens is 592 g/mol. The van der Waals surface area contributed by atoms with Gasteiger partial charge in [-0.15, -0.1) is 0 Å². The number of aryl methyl sites for hydroxylation is 1. The number of benzene rings is 1. The summed E-state index contributed by atoms with van der Waals surface area (Å²) in [5.74, 6) is -0.516. The molecule has 3 rings (SSSR count). The molecule has 0 N–H and O–H groups in total. The third kappa shape index (κ3) is 11.6. The van der Waals surface area contributed by atoms with Crippen LogP contribution in [0.1, 0.15) is 84.5 Å². The normalized spacial score (nSPS) is 12.2. The molecule has 0 saturated heterocycles. The average Bonchev–Trinajstić information content (AvgIpc) is 2.95. The number of carbonyl (C=O) groups excluding carboxylic acids is 2. The van der Waals surface area contributed by atoms with Gasteiger partial charge < -0.3 is 9.47 Å². The van der Waals surface area contributed by atoms with Crippen molar-refractivity contribution in [3.8, 4) is 0 Å². The van der Waals surface area contributed by atoms with Crippen molar-refractivity contribution in [2.75, 3.05) is 11.4 Å². The Morgan fingerprint density at radius 2 is 1.47 bits per heavy atom. The molecule has 2 aromatic heterocycles. The van der Waals surface area contributed by atoms with Gasteiger partial charge in [-0.1, -0.05) is 56.2 Å². The summed E-state index contributed by atoms with van der Waals surface area (Å²) in [6.07, 6.45) is 5.03. The number of unbranched alkanes of at least 4 members (excludes halogenated alkanes) is 2. The minimum absolute atomic E-state index is 0.0771. The van der Waals surface area contributed by atoms with Crippen LogP contribution in [0.25, 0.3) is 0 Å². The van der Waals surface area contributed by atoms with E-state index in [4.69, 9.17) is 9.47 Å². The predicted octanol–water partition coefficient (Wildman–Crippen LogP) is 6.68. The van der Waals surface area contributed by atoms with Crippen LogP contribution in [0.4, 0.5) is 10.6 Å². The molecule has 0 aliphatic heterocycles. The summed E-state index contributed by atoms with van der Waals surface area (Å²) in [4.78, 5) is 35.8. The van der Waals surface area contributed by atoms with Crippen molar-refractivity contribution in [1.82, 2.24) is 14.3 Å². The number of esters is 1. The van der Waals surface area contributed by atoms with Gasteiger partial charge in [0.2, 0.25) is 0 Å². The Balaban J connectivity index is 1.95. The zero-order chi connectivity index (χ0) is 33.3. The lowest BCUT2D eigenvalue weighted by Gasteiger charge is -2.28. The van der Waals surface area contributed by atoms with Crippen LogP contribution in [0, 0.1) is 0 Å². The fourth-order valence-electron chi connectivity index (χ4n) is 4.40. The second-order valence-corrected chi connectivity index (χ2v) is 14.7. The van der Waals surface area contributed by atoms with Gasteiger partial charge in [0, 0.05) is 12.7 Å². The lowest BCUT2D eigenvalue weighted by atomic mass is 10.1. The molecule has 244 valence electrons. The number of nitrogens with zero attached hydrogens (tertiary/aromatic N) is 4. The molecular formula is C34H46N4O6S. The van der Waals surface area contributed by atoms with E-state index in [1.807, 2.05) is 24.3 Å². The number of ether oxygens (including phenoxy) is 2. The van der Waals surface area contributed by atoms with Crippen LogP contribution in [0.3, 0.4) is 0 Å². The molecule has 0 aliphatic carbocycles. The molecule has 2 heterocycles. The van der Waals surface area contributed by atoms with Gasteiger partial charge >= 0.3 is 12.1 Å². The second kappa shape index (κ2) is 15.4. The van der Waals surface area contributed by atoms with E-state index in [9.17, 15) is 18.0 Å². The van der Waals surface area contributed by atoms with Gasteiger partial charge in [-0.2, -0.15) is 4.31 Å². The van der Waals surface area contributed by atoms with Crippen LogP contribution in [0.2, 0.25) is 0 Å². The minimum atomic E-state index is -4.04. The molecule has 0 radical (unpaired) electrons. The van der Waals surface area contributed by atoms with Gasteiger partial charge in [0.1, 0.15) is 23.6 Å². The van der Waals surface area contributed by atoms with Crippen LogP contribution in [0.5, 0.6) is 0 Å². The van der Waals surface area contributed by atoms with Crippen LogP contribution in [-0.2, 0) is 43.8 Å². The van der Waals surface area contributed by atoms with Crippen LogP contribution in [-0.4, -0.2) is 52.5 Å². The molecule has 0 aliphatic rings. The number of rotatable bonds is 13. The van der Waals surface area contributed by atoms with Crippen LogP contribution < -0.4 is 4.90 Å². The van der Waals surface area contributed by atoms with Gasteiger partial charge in [-0.3, -0.25) is 9.69 Å². The number of pyridine rings is 2. The second-order valence-electron chi connectivity index (χ2n) is 12.9. The van der Waals surface area contributed by atoms with Gasteiger partial charge in [-0.05, 0) is 89.8 Å². The highest BCUT2D eigenvalue weighted by molar-refractivity contribution is 7.89. The van der Waals surface area contributed by atoms with E-state index < -0.39 is 39.8 Å². The Morgan fingerprint density at radius 3 is 2.07 bits per heavy atom.